The zero-order valence-corrected chi connectivity index (χ0v) is 18.3. The third-order valence-electron chi connectivity index (χ3n) is 4.10. The molecule has 27 heavy (non-hydrogen) atoms. The molecule has 2 fully saturated rings. The van der Waals surface area contributed by atoms with E-state index in [-0.39, 0.29) is 45.5 Å². The van der Waals surface area contributed by atoms with Gasteiger partial charge in [-0.1, -0.05) is 0 Å². The van der Waals surface area contributed by atoms with E-state index in [1.807, 2.05) is 0 Å². The molecule has 2 heterocycles. The van der Waals surface area contributed by atoms with E-state index < -0.39 is 66.5 Å². The largest absolute Gasteiger partial charge is 2.00 e. The molecule has 4 rings (SSSR count). The average Bonchev–Trinajstić information content (AvgIpc) is 3.45. The van der Waals surface area contributed by atoms with E-state index in [0.29, 0.717) is 0 Å². The number of carbonyl (C=O) groups is 2. The smallest absolute Gasteiger partial charge is 0.548 e. The van der Waals surface area contributed by atoms with Gasteiger partial charge in [0, 0.05) is 0 Å². The van der Waals surface area contributed by atoms with Gasteiger partial charge >= 0.3 is 45.5 Å². The van der Waals surface area contributed by atoms with Gasteiger partial charge in [-0.05, 0) is 12.2 Å². The Labute approximate surface area is 196 Å². The number of fused-ring (bicyclic) bond motifs is 2. The molecule has 0 spiro atoms. The van der Waals surface area contributed by atoms with Crippen molar-refractivity contribution in [2.75, 3.05) is 0 Å². The van der Waals surface area contributed by atoms with Crippen molar-refractivity contribution in [3.05, 3.63) is 46.7 Å². The second kappa shape index (κ2) is 7.04. The van der Waals surface area contributed by atoms with Gasteiger partial charge in [-0.3, -0.25) is 0 Å². The Bertz CT molecular complexity index is 792. The summed E-state index contributed by atoms with van der Waals surface area (Å²) in [6.45, 7) is 0. The van der Waals surface area contributed by atoms with E-state index in [9.17, 15) is 30.0 Å². The summed E-state index contributed by atoms with van der Waals surface area (Å²) >= 11 is 1.81. The Balaban J connectivity index is 0.000000187. The van der Waals surface area contributed by atoms with Crippen LogP contribution in [0.2, 0.25) is 0 Å². The minimum Gasteiger partial charge on any atom is -0.548 e. The zero-order valence-electron chi connectivity index (χ0n) is 13.1. The predicted molar refractivity (Wildman–Crippen MR) is 90.0 cm³/mol. The molecule has 0 amide bonds. The van der Waals surface area contributed by atoms with Crippen LogP contribution < -0.4 is 10.2 Å². The Morgan fingerprint density at radius 3 is 1.33 bits per heavy atom. The number of carboxylic acids is 2. The number of aliphatic hydroxyl groups excluding tert-OH is 6. The summed E-state index contributed by atoms with van der Waals surface area (Å²) in [4.78, 5) is 21.2. The molecular formula is C14H10O10S2Sr. The average molecular weight is 490 g/mol. The summed E-state index contributed by atoms with van der Waals surface area (Å²) in [6, 6.07) is 0. The van der Waals surface area contributed by atoms with Crippen LogP contribution >= 0.6 is 23.5 Å². The van der Waals surface area contributed by atoms with Crippen LogP contribution in [0.4, 0.5) is 0 Å². The summed E-state index contributed by atoms with van der Waals surface area (Å²) in [5, 5.41) is 74.3. The van der Waals surface area contributed by atoms with E-state index in [1.54, 1.807) is 0 Å². The molecule has 4 unspecified atom stereocenters. The molecular weight excluding hydrogens is 480 g/mol. The van der Waals surface area contributed by atoms with Crippen molar-refractivity contribution in [3.63, 3.8) is 0 Å². The first-order chi connectivity index (χ1) is 12.0. The van der Waals surface area contributed by atoms with Crippen molar-refractivity contribution in [2.45, 2.75) is 20.0 Å². The molecule has 2 saturated heterocycles. The van der Waals surface area contributed by atoms with E-state index in [4.69, 9.17) is 20.4 Å². The summed E-state index contributed by atoms with van der Waals surface area (Å²) < 4.78 is -2.78. The fraction of sp³-hybridized carbons (Fsp3) is 0.286. The summed E-state index contributed by atoms with van der Waals surface area (Å²) in [6.07, 6.45) is 1.96. The van der Waals surface area contributed by atoms with E-state index in [1.165, 1.54) is 0 Å². The van der Waals surface area contributed by atoms with Crippen molar-refractivity contribution in [1.82, 2.24) is 0 Å². The van der Waals surface area contributed by atoms with Crippen LogP contribution in [0.3, 0.4) is 0 Å². The van der Waals surface area contributed by atoms with Gasteiger partial charge in [-0.15, -0.1) is 23.5 Å². The number of thioether (sulfide) groups is 2. The molecule has 13 heteroatoms. The zero-order chi connectivity index (χ0) is 19.6. The predicted octanol–water partition coefficient (Wildman–Crippen LogP) is -1.63. The molecule has 0 aromatic heterocycles. The molecule has 2 aliphatic carbocycles. The van der Waals surface area contributed by atoms with Crippen molar-refractivity contribution in [1.29, 1.82) is 0 Å². The number of hydrogen-bond donors (Lipinski definition) is 6. The second-order valence-electron chi connectivity index (χ2n) is 5.68. The standard InChI is InChI=1S/2C7H6O5S.Sr/c2*8-2-1-7(6(11)12)5(13-7)4(10)3(2)9;/h2*1,5,8-10H,(H,11,12);/q;;+2/p-2. The maximum Gasteiger partial charge on any atom is 2.00 e. The van der Waals surface area contributed by atoms with E-state index in [2.05, 4.69) is 0 Å². The van der Waals surface area contributed by atoms with Gasteiger partial charge in [0.2, 0.25) is 0 Å². The maximum absolute atomic E-state index is 10.6. The Morgan fingerprint density at radius 2 is 1.07 bits per heavy atom. The van der Waals surface area contributed by atoms with Gasteiger partial charge in [0.05, 0.1) is 31.9 Å². The van der Waals surface area contributed by atoms with Crippen LogP contribution in [0.5, 0.6) is 0 Å². The maximum atomic E-state index is 10.6. The topological polar surface area (TPSA) is 202 Å². The Kier molecular flexibility index (Phi) is 5.78. The monoisotopic (exact) mass is 490 g/mol. The first-order valence-corrected chi connectivity index (χ1v) is 8.61. The van der Waals surface area contributed by atoms with Gasteiger partial charge in [0.15, 0.2) is 34.6 Å². The summed E-state index contributed by atoms with van der Waals surface area (Å²) in [5.41, 5.74) is 0. The quantitative estimate of drug-likeness (QED) is 0.191. The molecule has 4 aliphatic rings. The number of aliphatic carboxylic acids is 2. The fourth-order valence-electron chi connectivity index (χ4n) is 2.54. The van der Waals surface area contributed by atoms with Crippen LogP contribution in [0.1, 0.15) is 0 Å². The fourth-order valence-corrected chi connectivity index (χ4v) is 4.74. The minimum absolute atomic E-state index is 0. The van der Waals surface area contributed by atoms with Crippen LogP contribution in [-0.2, 0) is 9.59 Å². The number of aliphatic hydroxyl groups is 6. The SMILES string of the molecule is O=C([O-])C12C=C(O)C(O)=C(O)C1S2.O=C([O-])C12C=C(O)C(O)=C(O)C1S2.[Sr+2]. The number of rotatable bonds is 2. The van der Waals surface area contributed by atoms with Crippen LogP contribution in [0.25, 0.3) is 0 Å². The van der Waals surface area contributed by atoms with Crippen LogP contribution in [0, 0.1) is 0 Å². The molecule has 0 radical (unpaired) electrons. The Morgan fingerprint density at radius 1 is 0.778 bits per heavy atom. The van der Waals surface area contributed by atoms with Gasteiger partial charge in [0.1, 0.15) is 0 Å². The van der Waals surface area contributed by atoms with Crippen molar-refractivity contribution < 1.29 is 50.4 Å². The van der Waals surface area contributed by atoms with Gasteiger partial charge in [0.25, 0.3) is 0 Å². The second-order valence-corrected chi connectivity index (χ2v) is 8.45. The van der Waals surface area contributed by atoms with E-state index >= 15 is 0 Å². The molecule has 2 aliphatic heterocycles. The van der Waals surface area contributed by atoms with Crippen LogP contribution in [0.15, 0.2) is 46.7 Å². The first-order valence-electron chi connectivity index (χ1n) is 6.85. The third kappa shape index (κ3) is 3.29. The number of hydrogen-bond acceptors (Lipinski definition) is 12. The van der Waals surface area contributed by atoms with Crippen molar-refractivity contribution in [2.24, 2.45) is 0 Å². The van der Waals surface area contributed by atoms with Gasteiger partial charge in [-0.25, -0.2) is 0 Å². The Hall–Kier alpha value is -1.12. The molecule has 4 atom stereocenters. The van der Waals surface area contributed by atoms with E-state index in [0.717, 1.165) is 35.7 Å². The summed E-state index contributed by atoms with van der Waals surface area (Å²) in [7, 11) is 0. The molecule has 0 aromatic carbocycles. The van der Waals surface area contributed by atoms with Gasteiger partial charge in [-0.2, -0.15) is 0 Å². The number of carboxylic acid groups (broad SMARTS) is 2. The summed E-state index contributed by atoms with van der Waals surface area (Å²) in [5.74, 6) is -6.34. The van der Waals surface area contributed by atoms with Crippen LogP contribution in [-0.4, -0.2) is 108 Å². The molecule has 0 bridgehead atoms. The van der Waals surface area contributed by atoms with Gasteiger partial charge < -0.3 is 50.4 Å². The number of carbonyl (C=O) groups excluding carboxylic acids is 2. The molecule has 6 N–H and O–H groups in total. The third-order valence-corrected chi connectivity index (χ3v) is 7.07. The minimum atomic E-state index is -1.39. The molecule has 0 aromatic rings. The molecule has 0 saturated carbocycles. The normalized spacial score (nSPS) is 35.3. The molecule has 140 valence electrons. The van der Waals surface area contributed by atoms with Crippen molar-refractivity contribution in [3.8, 4) is 0 Å². The molecule has 10 nitrogen and oxygen atoms in total. The van der Waals surface area contributed by atoms with Crippen molar-refractivity contribution >= 4 is 80.9 Å². The first kappa shape index (κ1) is 22.2.